The largest absolute Gasteiger partial charge is 0.241 e. The topological polar surface area (TPSA) is 25.8 Å². The monoisotopic (exact) mass is 272 g/mol. The molecule has 0 bridgehead atoms. The third kappa shape index (κ3) is 3.68. The maximum atomic E-state index is 4.83. The van der Waals surface area contributed by atoms with Crippen LogP contribution in [-0.2, 0) is 19.3 Å². The second-order valence-electron chi connectivity index (χ2n) is 6.31. The molecule has 0 unspecified atom stereocenters. The van der Waals surface area contributed by atoms with E-state index in [4.69, 9.17) is 4.98 Å². The van der Waals surface area contributed by atoms with E-state index in [2.05, 4.69) is 38.9 Å². The van der Waals surface area contributed by atoms with Gasteiger partial charge in [0.25, 0.3) is 0 Å². The van der Waals surface area contributed by atoms with Gasteiger partial charge in [-0.1, -0.05) is 38.3 Å². The zero-order chi connectivity index (χ0) is 14.5. The van der Waals surface area contributed by atoms with Crippen LogP contribution in [0.3, 0.4) is 0 Å². The van der Waals surface area contributed by atoms with Gasteiger partial charge in [-0.3, -0.25) is 0 Å². The van der Waals surface area contributed by atoms with Crippen LogP contribution >= 0.6 is 0 Å². The van der Waals surface area contributed by atoms with Crippen LogP contribution in [0, 0.1) is 5.92 Å². The lowest BCUT2D eigenvalue weighted by molar-refractivity contribution is 0.634. The molecule has 0 saturated heterocycles. The normalized spacial score (nSPS) is 20.9. The van der Waals surface area contributed by atoms with E-state index >= 15 is 0 Å². The van der Waals surface area contributed by atoms with Crippen molar-refractivity contribution in [2.75, 3.05) is 0 Å². The fraction of sp³-hybridized carbons (Fsp3) is 0.667. The van der Waals surface area contributed by atoms with Crippen molar-refractivity contribution in [3.63, 3.8) is 0 Å². The summed E-state index contributed by atoms with van der Waals surface area (Å²) in [6, 6.07) is 0. The first-order valence-corrected chi connectivity index (χ1v) is 8.14. The van der Waals surface area contributed by atoms with Gasteiger partial charge in [-0.2, -0.15) is 0 Å². The molecule has 0 radical (unpaired) electrons. The van der Waals surface area contributed by atoms with E-state index in [9.17, 15) is 0 Å². The molecular formula is C18H28N2. The number of allylic oxidation sites excluding steroid dienone is 2. The Morgan fingerprint density at radius 1 is 1.15 bits per heavy atom. The van der Waals surface area contributed by atoms with Crippen molar-refractivity contribution in [2.45, 2.75) is 72.6 Å². The molecule has 0 N–H and O–H groups in total. The van der Waals surface area contributed by atoms with Crippen molar-refractivity contribution in [1.29, 1.82) is 0 Å². The lowest BCUT2D eigenvalue weighted by atomic mass is 9.88. The molecule has 0 atom stereocenters. The molecule has 0 aromatic carbocycles. The van der Waals surface area contributed by atoms with Crippen molar-refractivity contribution in [3.8, 4) is 0 Å². The smallest absolute Gasteiger partial charge is 0.128 e. The van der Waals surface area contributed by atoms with Crippen molar-refractivity contribution in [3.05, 3.63) is 34.4 Å². The average Bonchev–Trinajstić information content (AvgIpc) is 2.44. The van der Waals surface area contributed by atoms with Gasteiger partial charge in [0.1, 0.15) is 5.82 Å². The molecule has 0 fully saturated rings. The highest BCUT2D eigenvalue weighted by Crippen LogP contribution is 2.26. The summed E-state index contributed by atoms with van der Waals surface area (Å²) >= 11 is 0. The van der Waals surface area contributed by atoms with Crippen LogP contribution in [0.1, 0.15) is 70.5 Å². The Balaban J connectivity index is 2.40. The molecule has 20 heavy (non-hydrogen) atoms. The maximum absolute atomic E-state index is 4.83. The van der Waals surface area contributed by atoms with E-state index in [0.717, 1.165) is 25.1 Å². The standard InChI is InChI=1S/C18H28N2/c1-5-18-19-12-15-10-8-6-7-9-14(4)16(13(2)3)11-17(15)20-18/h12-13H,5-11H2,1-4H3/b16-14+. The average molecular weight is 272 g/mol. The number of hydrogen-bond acceptors (Lipinski definition) is 2. The van der Waals surface area contributed by atoms with Crippen LogP contribution in [0.4, 0.5) is 0 Å². The summed E-state index contributed by atoms with van der Waals surface area (Å²) in [5.41, 5.74) is 5.83. The van der Waals surface area contributed by atoms with Gasteiger partial charge in [0.15, 0.2) is 0 Å². The highest BCUT2D eigenvalue weighted by atomic mass is 14.9. The van der Waals surface area contributed by atoms with Crippen LogP contribution in [0.25, 0.3) is 0 Å². The van der Waals surface area contributed by atoms with E-state index in [1.807, 2.05) is 0 Å². The zero-order valence-corrected chi connectivity index (χ0v) is 13.5. The Morgan fingerprint density at radius 2 is 1.90 bits per heavy atom. The van der Waals surface area contributed by atoms with Crippen LogP contribution < -0.4 is 0 Å². The molecule has 1 aliphatic carbocycles. The molecule has 110 valence electrons. The Labute approximate surface area is 123 Å². The predicted molar refractivity (Wildman–Crippen MR) is 84.8 cm³/mol. The van der Waals surface area contributed by atoms with Gasteiger partial charge in [-0.15, -0.1) is 0 Å². The zero-order valence-electron chi connectivity index (χ0n) is 13.5. The molecular weight excluding hydrogens is 244 g/mol. The molecule has 2 nitrogen and oxygen atoms in total. The molecule has 2 rings (SSSR count). The maximum Gasteiger partial charge on any atom is 0.128 e. The summed E-state index contributed by atoms with van der Waals surface area (Å²) in [6.07, 6.45) is 10.3. The predicted octanol–water partition coefficient (Wildman–Crippen LogP) is 4.67. The fourth-order valence-corrected chi connectivity index (χ4v) is 3.09. The number of rotatable bonds is 2. The van der Waals surface area contributed by atoms with Crippen molar-refractivity contribution >= 4 is 0 Å². The SMILES string of the molecule is CCc1ncc2c(n1)C/C(C(C)C)=C(/C)CCCCC2. The summed E-state index contributed by atoms with van der Waals surface area (Å²) < 4.78 is 0. The van der Waals surface area contributed by atoms with E-state index in [1.165, 1.54) is 36.9 Å². The number of aromatic nitrogens is 2. The third-order valence-electron chi connectivity index (χ3n) is 4.42. The molecule has 1 aromatic heterocycles. The van der Waals surface area contributed by atoms with Gasteiger partial charge >= 0.3 is 0 Å². The number of fused-ring (bicyclic) bond motifs is 1. The van der Waals surface area contributed by atoms with Gasteiger partial charge in [0.2, 0.25) is 0 Å². The van der Waals surface area contributed by atoms with E-state index < -0.39 is 0 Å². The Bertz CT molecular complexity index is 486. The molecule has 2 heteroatoms. The molecule has 1 aromatic rings. The molecule has 0 spiro atoms. The highest BCUT2D eigenvalue weighted by molar-refractivity contribution is 5.27. The Morgan fingerprint density at radius 3 is 2.60 bits per heavy atom. The third-order valence-corrected chi connectivity index (χ3v) is 4.42. The summed E-state index contributed by atoms with van der Waals surface area (Å²) in [6.45, 7) is 9.07. The molecule has 1 aliphatic rings. The summed E-state index contributed by atoms with van der Waals surface area (Å²) in [5, 5.41) is 0. The van der Waals surface area contributed by atoms with Gasteiger partial charge in [0, 0.05) is 19.0 Å². The highest BCUT2D eigenvalue weighted by Gasteiger charge is 2.15. The first-order valence-electron chi connectivity index (χ1n) is 8.14. The first kappa shape index (κ1) is 15.2. The second-order valence-corrected chi connectivity index (χ2v) is 6.31. The minimum absolute atomic E-state index is 0.613. The van der Waals surface area contributed by atoms with Gasteiger partial charge in [-0.25, -0.2) is 9.97 Å². The summed E-state index contributed by atoms with van der Waals surface area (Å²) in [4.78, 5) is 9.33. The van der Waals surface area contributed by atoms with E-state index in [-0.39, 0.29) is 0 Å². The van der Waals surface area contributed by atoms with Crippen molar-refractivity contribution < 1.29 is 0 Å². The lowest BCUT2D eigenvalue weighted by Crippen LogP contribution is -2.10. The minimum Gasteiger partial charge on any atom is -0.241 e. The number of nitrogens with zero attached hydrogens (tertiary/aromatic N) is 2. The number of hydrogen-bond donors (Lipinski definition) is 0. The van der Waals surface area contributed by atoms with Crippen molar-refractivity contribution in [2.24, 2.45) is 5.92 Å². The Hall–Kier alpha value is -1.18. The van der Waals surface area contributed by atoms with E-state index in [1.54, 1.807) is 11.1 Å². The van der Waals surface area contributed by atoms with Gasteiger partial charge in [0.05, 0.1) is 5.69 Å². The minimum atomic E-state index is 0.613. The summed E-state index contributed by atoms with van der Waals surface area (Å²) in [7, 11) is 0. The van der Waals surface area contributed by atoms with E-state index in [0.29, 0.717) is 5.92 Å². The number of aryl methyl sites for hydroxylation is 2. The van der Waals surface area contributed by atoms with Gasteiger partial charge in [-0.05, 0) is 44.1 Å². The van der Waals surface area contributed by atoms with Crippen LogP contribution in [0.5, 0.6) is 0 Å². The molecule has 0 saturated carbocycles. The van der Waals surface area contributed by atoms with Gasteiger partial charge < -0.3 is 0 Å². The van der Waals surface area contributed by atoms with Crippen molar-refractivity contribution in [1.82, 2.24) is 9.97 Å². The molecule has 1 heterocycles. The lowest BCUT2D eigenvalue weighted by Gasteiger charge is -2.19. The quantitative estimate of drug-likeness (QED) is 0.731. The van der Waals surface area contributed by atoms with Crippen LogP contribution in [0.15, 0.2) is 17.3 Å². The molecule has 0 aliphatic heterocycles. The Kier molecular flexibility index (Phi) is 5.33. The fourth-order valence-electron chi connectivity index (χ4n) is 3.09. The van der Waals surface area contributed by atoms with Crippen LogP contribution in [-0.4, -0.2) is 9.97 Å². The first-order chi connectivity index (χ1) is 9.61. The second kappa shape index (κ2) is 7.01. The molecule has 0 amide bonds. The van der Waals surface area contributed by atoms with Crippen LogP contribution in [0.2, 0.25) is 0 Å². The summed E-state index contributed by atoms with van der Waals surface area (Å²) in [5.74, 6) is 1.60.